The van der Waals surface area contributed by atoms with E-state index in [1.165, 1.54) is 0 Å². The number of pyridine rings is 1. The van der Waals surface area contributed by atoms with E-state index in [0.29, 0.717) is 15.4 Å². The maximum atomic E-state index is 5.98. The van der Waals surface area contributed by atoms with Crippen molar-refractivity contribution < 1.29 is 0 Å². The van der Waals surface area contributed by atoms with Gasteiger partial charge in [0, 0.05) is 17.0 Å². The Hall–Kier alpha value is 0.0800. The fourth-order valence-electron chi connectivity index (χ4n) is 0.798. The Labute approximate surface area is 92.8 Å². The van der Waals surface area contributed by atoms with E-state index in [-0.39, 0.29) is 0 Å². The molecule has 4 heteroatoms. The fourth-order valence-corrected chi connectivity index (χ4v) is 2.05. The van der Waals surface area contributed by atoms with Crippen LogP contribution in [-0.4, -0.2) is 10.2 Å². The number of rotatable bonds is 3. The summed E-state index contributed by atoms with van der Waals surface area (Å²) < 4.78 is 0. The lowest BCUT2D eigenvalue weighted by molar-refractivity contribution is 1.11. The topological polar surface area (TPSA) is 12.9 Å². The molecule has 1 rings (SSSR count). The second-order valence-electron chi connectivity index (χ2n) is 2.96. The molecule has 13 heavy (non-hydrogen) atoms. The average Bonchev–Trinajstić information content (AvgIpc) is 2.02. The Kier molecular flexibility index (Phi) is 4.36. The second kappa shape index (κ2) is 5.08. The zero-order chi connectivity index (χ0) is 9.84. The van der Waals surface area contributed by atoms with Crippen molar-refractivity contribution in [2.75, 3.05) is 0 Å². The molecule has 0 radical (unpaired) electrons. The molecule has 0 amide bonds. The number of aromatic nitrogens is 1. The Balaban J connectivity index is 2.67. The summed E-state index contributed by atoms with van der Waals surface area (Å²) in [6, 6.07) is 1.68. The number of nitrogens with zero attached hydrogens (tertiary/aromatic N) is 1. The first kappa shape index (κ1) is 11.2. The Bertz CT molecular complexity index is 289. The molecule has 0 aliphatic carbocycles. The summed E-state index contributed by atoms with van der Waals surface area (Å²) in [6.07, 6.45) is 1.74. The lowest BCUT2D eigenvalue weighted by Gasteiger charge is -2.06. The van der Waals surface area contributed by atoms with Gasteiger partial charge in [-0.1, -0.05) is 37.0 Å². The summed E-state index contributed by atoms with van der Waals surface area (Å²) in [5.41, 5.74) is 1.05. The number of thioether (sulfide) groups is 1. The largest absolute Gasteiger partial charge is 0.244 e. The Morgan fingerprint density at radius 3 is 2.69 bits per heavy atom. The van der Waals surface area contributed by atoms with Gasteiger partial charge in [-0.15, -0.1) is 0 Å². The van der Waals surface area contributed by atoms with Crippen LogP contribution in [0.3, 0.4) is 0 Å². The molecule has 0 N–H and O–H groups in total. The standard InChI is InChI=1S/C9H11Cl2NS/c1-6(2)13-5-7-4-12-9(11)3-8(7)10/h3-4,6H,5H2,1-2H3. The third-order valence-electron chi connectivity index (χ3n) is 1.47. The van der Waals surface area contributed by atoms with Gasteiger partial charge < -0.3 is 0 Å². The molecule has 1 aromatic heterocycles. The van der Waals surface area contributed by atoms with Crippen molar-refractivity contribution in [2.45, 2.75) is 24.9 Å². The first-order valence-corrected chi connectivity index (χ1v) is 5.81. The third-order valence-corrected chi connectivity index (χ3v) is 3.17. The van der Waals surface area contributed by atoms with Crippen molar-refractivity contribution >= 4 is 35.0 Å². The Morgan fingerprint density at radius 2 is 2.15 bits per heavy atom. The molecule has 72 valence electrons. The van der Waals surface area contributed by atoms with Gasteiger partial charge in [-0.2, -0.15) is 11.8 Å². The maximum Gasteiger partial charge on any atom is 0.130 e. The Morgan fingerprint density at radius 1 is 1.46 bits per heavy atom. The van der Waals surface area contributed by atoms with Crippen molar-refractivity contribution in [1.29, 1.82) is 0 Å². The second-order valence-corrected chi connectivity index (χ2v) is 5.32. The molecule has 0 aliphatic heterocycles. The van der Waals surface area contributed by atoms with E-state index in [1.54, 1.807) is 12.3 Å². The number of halogens is 2. The van der Waals surface area contributed by atoms with Gasteiger partial charge in [-0.25, -0.2) is 4.98 Å². The average molecular weight is 236 g/mol. The first-order valence-electron chi connectivity index (χ1n) is 4.01. The molecule has 0 fully saturated rings. The molecular formula is C9H11Cl2NS. The van der Waals surface area contributed by atoms with E-state index in [9.17, 15) is 0 Å². The lowest BCUT2D eigenvalue weighted by atomic mass is 10.3. The fraction of sp³-hybridized carbons (Fsp3) is 0.444. The van der Waals surface area contributed by atoms with E-state index in [4.69, 9.17) is 23.2 Å². The van der Waals surface area contributed by atoms with Gasteiger partial charge in [-0.05, 0) is 16.9 Å². The SMILES string of the molecule is CC(C)SCc1cnc(Cl)cc1Cl. The van der Waals surface area contributed by atoms with Crippen LogP contribution in [0.2, 0.25) is 10.2 Å². The van der Waals surface area contributed by atoms with Crippen molar-refractivity contribution in [3.8, 4) is 0 Å². The predicted molar refractivity (Wildman–Crippen MR) is 60.7 cm³/mol. The summed E-state index contributed by atoms with van der Waals surface area (Å²) in [5.74, 6) is 0.890. The third kappa shape index (κ3) is 3.75. The summed E-state index contributed by atoms with van der Waals surface area (Å²) >= 11 is 13.5. The van der Waals surface area contributed by atoms with Crippen LogP contribution in [-0.2, 0) is 5.75 Å². The van der Waals surface area contributed by atoms with E-state index in [0.717, 1.165) is 11.3 Å². The highest BCUT2D eigenvalue weighted by atomic mass is 35.5. The highest BCUT2D eigenvalue weighted by molar-refractivity contribution is 7.99. The van der Waals surface area contributed by atoms with E-state index in [2.05, 4.69) is 18.8 Å². The monoisotopic (exact) mass is 235 g/mol. The summed E-state index contributed by atoms with van der Waals surface area (Å²) in [5, 5.41) is 1.75. The van der Waals surface area contributed by atoms with Crippen LogP contribution in [0.1, 0.15) is 19.4 Å². The van der Waals surface area contributed by atoms with Gasteiger partial charge in [0.15, 0.2) is 0 Å². The van der Waals surface area contributed by atoms with Crippen molar-refractivity contribution in [3.05, 3.63) is 28.0 Å². The van der Waals surface area contributed by atoms with Crippen LogP contribution in [0.4, 0.5) is 0 Å². The van der Waals surface area contributed by atoms with Crippen molar-refractivity contribution in [1.82, 2.24) is 4.98 Å². The van der Waals surface area contributed by atoms with Crippen molar-refractivity contribution in [2.24, 2.45) is 0 Å². The first-order chi connectivity index (χ1) is 6.09. The predicted octanol–water partition coefficient (Wildman–Crippen LogP) is 4.03. The van der Waals surface area contributed by atoms with Gasteiger partial charge in [0.25, 0.3) is 0 Å². The molecule has 0 saturated carbocycles. The van der Waals surface area contributed by atoms with Crippen LogP contribution >= 0.6 is 35.0 Å². The van der Waals surface area contributed by atoms with Crippen LogP contribution < -0.4 is 0 Å². The quantitative estimate of drug-likeness (QED) is 0.735. The highest BCUT2D eigenvalue weighted by Crippen LogP contribution is 2.24. The summed E-state index contributed by atoms with van der Waals surface area (Å²) in [6.45, 7) is 4.31. The van der Waals surface area contributed by atoms with E-state index >= 15 is 0 Å². The van der Waals surface area contributed by atoms with Crippen LogP contribution in [0.5, 0.6) is 0 Å². The molecule has 0 atom stereocenters. The van der Waals surface area contributed by atoms with Crippen LogP contribution in [0.15, 0.2) is 12.3 Å². The molecule has 0 unspecified atom stereocenters. The minimum atomic E-state index is 0.447. The lowest BCUT2D eigenvalue weighted by Crippen LogP contribution is -1.91. The number of hydrogen-bond acceptors (Lipinski definition) is 2. The van der Waals surface area contributed by atoms with Gasteiger partial charge in [-0.3, -0.25) is 0 Å². The molecule has 0 spiro atoms. The van der Waals surface area contributed by atoms with Gasteiger partial charge in [0.1, 0.15) is 5.15 Å². The smallest absolute Gasteiger partial charge is 0.130 e. The summed E-state index contributed by atoms with van der Waals surface area (Å²) in [7, 11) is 0. The van der Waals surface area contributed by atoms with Crippen LogP contribution in [0.25, 0.3) is 0 Å². The van der Waals surface area contributed by atoms with Crippen molar-refractivity contribution in [3.63, 3.8) is 0 Å². The molecule has 1 aromatic rings. The zero-order valence-electron chi connectivity index (χ0n) is 7.55. The minimum Gasteiger partial charge on any atom is -0.244 e. The minimum absolute atomic E-state index is 0.447. The summed E-state index contributed by atoms with van der Waals surface area (Å²) in [4.78, 5) is 3.99. The van der Waals surface area contributed by atoms with E-state index in [1.807, 2.05) is 11.8 Å². The molecule has 1 heterocycles. The van der Waals surface area contributed by atoms with Crippen LogP contribution in [0, 0.1) is 0 Å². The van der Waals surface area contributed by atoms with Gasteiger partial charge in [0.05, 0.1) is 0 Å². The molecule has 0 bridgehead atoms. The molecule has 0 aliphatic rings. The van der Waals surface area contributed by atoms with Gasteiger partial charge >= 0.3 is 0 Å². The molecule has 0 aromatic carbocycles. The molecule has 0 saturated heterocycles. The normalized spacial score (nSPS) is 10.8. The van der Waals surface area contributed by atoms with Gasteiger partial charge in [0.2, 0.25) is 0 Å². The number of hydrogen-bond donors (Lipinski definition) is 0. The zero-order valence-corrected chi connectivity index (χ0v) is 9.88. The molecule has 1 nitrogen and oxygen atoms in total. The highest BCUT2D eigenvalue weighted by Gasteiger charge is 2.03. The molecular weight excluding hydrogens is 225 g/mol. The maximum absolute atomic E-state index is 5.98. The van der Waals surface area contributed by atoms with E-state index < -0.39 is 0 Å².